The summed E-state index contributed by atoms with van der Waals surface area (Å²) < 4.78 is 5.78. The number of ether oxygens (including phenoxy) is 1. The monoisotopic (exact) mass is 291 g/mol. The highest BCUT2D eigenvalue weighted by Crippen LogP contribution is 2.19. The number of aryl methyl sites for hydroxylation is 2. The van der Waals surface area contributed by atoms with Crippen molar-refractivity contribution < 1.29 is 9.53 Å². The van der Waals surface area contributed by atoms with Gasteiger partial charge >= 0.3 is 0 Å². The van der Waals surface area contributed by atoms with Crippen LogP contribution in [0.3, 0.4) is 0 Å². The highest BCUT2D eigenvalue weighted by molar-refractivity contribution is 5.76. The number of hydrazine groups is 1. The molecule has 0 aliphatic carbocycles. The Morgan fingerprint density at radius 3 is 3.00 bits per heavy atom. The van der Waals surface area contributed by atoms with Crippen molar-refractivity contribution in [3.63, 3.8) is 0 Å². The standard InChI is InChI=1S/C16H25N3O2/c1-12-6-7-13(2)14(11-12)21-10-4-3-5-16(20)18-15-8-9-17-19-15/h6-7,11,15,17,19H,3-5,8-10H2,1-2H3,(H,18,20). The van der Waals surface area contributed by atoms with Gasteiger partial charge in [0.1, 0.15) is 5.75 Å². The summed E-state index contributed by atoms with van der Waals surface area (Å²) in [7, 11) is 0. The van der Waals surface area contributed by atoms with Crippen LogP contribution in [0, 0.1) is 13.8 Å². The molecule has 0 bridgehead atoms. The normalized spacial score (nSPS) is 17.7. The van der Waals surface area contributed by atoms with Gasteiger partial charge in [-0.3, -0.25) is 10.2 Å². The van der Waals surface area contributed by atoms with Crippen molar-refractivity contribution in [2.45, 2.75) is 45.7 Å². The van der Waals surface area contributed by atoms with Gasteiger partial charge in [-0.15, -0.1) is 0 Å². The largest absolute Gasteiger partial charge is 0.493 e. The molecule has 1 aliphatic heterocycles. The summed E-state index contributed by atoms with van der Waals surface area (Å²) in [4.78, 5) is 11.7. The average Bonchev–Trinajstić information content (AvgIpc) is 2.95. The fourth-order valence-electron chi connectivity index (χ4n) is 2.29. The van der Waals surface area contributed by atoms with Crippen LogP contribution in [0.4, 0.5) is 0 Å². The Labute approximate surface area is 126 Å². The van der Waals surface area contributed by atoms with Crippen LogP contribution in [-0.4, -0.2) is 25.2 Å². The van der Waals surface area contributed by atoms with Crippen LogP contribution >= 0.6 is 0 Å². The molecule has 0 spiro atoms. The molecule has 5 heteroatoms. The lowest BCUT2D eigenvalue weighted by molar-refractivity contribution is -0.122. The zero-order valence-electron chi connectivity index (χ0n) is 12.9. The maximum absolute atomic E-state index is 11.7. The van der Waals surface area contributed by atoms with Gasteiger partial charge in [0.25, 0.3) is 0 Å². The van der Waals surface area contributed by atoms with Crippen molar-refractivity contribution in [2.75, 3.05) is 13.2 Å². The van der Waals surface area contributed by atoms with E-state index in [1.807, 2.05) is 6.92 Å². The maximum atomic E-state index is 11.7. The quantitative estimate of drug-likeness (QED) is 0.670. The van der Waals surface area contributed by atoms with Crippen LogP contribution in [-0.2, 0) is 4.79 Å². The van der Waals surface area contributed by atoms with E-state index in [1.54, 1.807) is 0 Å². The summed E-state index contributed by atoms with van der Waals surface area (Å²) in [5.41, 5.74) is 8.37. The number of carbonyl (C=O) groups is 1. The minimum Gasteiger partial charge on any atom is -0.493 e. The van der Waals surface area contributed by atoms with E-state index < -0.39 is 0 Å². The molecule has 0 aromatic heterocycles. The SMILES string of the molecule is Cc1ccc(C)c(OCCCCC(=O)NC2CCNN2)c1. The summed E-state index contributed by atoms with van der Waals surface area (Å²) in [5.74, 6) is 1.05. The zero-order valence-corrected chi connectivity index (χ0v) is 12.9. The number of hydrogen-bond donors (Lipinski definition) is 3. The molecule has 1 amide bonds. The van der Waals surface area contributed by atoms with Gasteiger partial charge in [-0.1, -0.05) is 12.1 Å². The van der Waals surface area contributed by atoms with E-state index in [0.29, 0.717) is 13.0 Å². The van der Waals surface area contributed by atoms with E-state index in [4.69, 9.17) is 4.74 Å². The minimum atomic E-state index is 0.0729. The first kappa shape index (κ1) is 15.8. The van der Waals surface area contributed by atoms with E-state index in [2.05, 4.69) is 41.3 Å². The van der Waals surface area contributed by atoms with Crippen LogP contribution in [0.5, 0.6) is 5.75 Å². The Hall–Kier alpha value is -1.59. The number of amides is 1. The van der Waals surface area contributed by atoms with Crippen LogP contribution in [0.2, 0.25) is 0 Å². The minimum absolute atomic E-state index is 0.0729. The second-order valence-electron chi connectivity index (χ2n) is 5.55. The molecule has 1 unspecified atom stereocenters. The third kappa shape index (κ3) is 5.36. The van der Waals surface area contributed by atoms with Crippen LogP contribution in [0.25, 0.3) is 0 Å². The third-order valence-corrected chi connectivity index (χ3v) is 3.57. The first-order valence-electron chi connectivity index (χ1n) is 7.63. The molecule has 3 N–H and O–H groups in total. The molecule has 1 heterocycles. The summed E-state index contributed by atoms with van der Waals surface area (Å²) in [6, 6.07) is 6.21. The lowest BCUT2D eigenvalue weighted by atomic mass is 10.1. The van der Waals surface area contributed by atoms with E-state index in [-0.39, 0.29) is 12.1 Å². The van der Waals surface area contributed by atoms with Gasteiger partial charge in [0.05, 0.1) is 12.8 Å². The maximum Gasteiger partial charge on any atom is 0.221 e. The molecule has 21 heavy (non-hydrogen) atoms. The van der Waals surface area contributed by atoms with Gasteiger partial charge in [0.2, 0.25) is 5.91 Å². The highest BCUT2D eigenvalue weighted by Gasteiger charge is 2.15. The predicted molar refractivity (Wildman–Crippen MR) is 82.9 cm³/mol. The lowest BCUT2D eigenvalue weighted by Gasteiger charge is -2.12. The molecule has 1 aliphatic rings. The lowest BCUT2D eigenvalue weighted by Crippen LogP contribution is -2.44. The fourth-order valence-corrected chi connectivity index (χ4v) is 2.29. The van der Waals surface area contributed by atoms with E-state index in [0.717, 1.165) is 37.1 Å². The van der Waals surface area contributed by atoms with Crippen LogP contribution in [0.1, 0.15) is 36.8 Å². The van der Waals surface area contributed by atoms with Gasteiger partial charge in [0, 0.05) is 13.0 Å². The number of benzene rings is 1. The van der Waals surface area contributed by atoms with Gasteiger partial charge in [-0.05, 0) is 50.3 Å². The summed E-state index contributed by atoms with van der Waals surface area (Å²) in [6.45, 7) is 5.66. The van der Waals surface area contributed by atoms with Gasteiger partial charge < -0.3 is 10.1 Å². The molecule has 1 saturated heterocycles. The first-order chi connectivity index (χ1) is 10.1. The molecule has 1 aromatic carbocycles. The average molecular weight is 291 g/mol. The number of unbranched alkanes of at least 4 members (excludes halogenated alkanes) is 1. The molecule has 0 saturated carbocycles. The van der Waals surface area contributed by atoms with Crippen LogP contribution in [0.15, 0.2) is 18.2 Å². The predicted octanol–water partition coefficient (Wildman–Crippen LogP) is 1.79. The summed E-state index contributed by atoms with van der Waals surface area (Å²) >= 11 is 0. The summed E-state index contributed by atoms with van der Waals surface area (Å²) in [6.07, 6.45) is 3.28. The second-order valence-corrected chi connectivity index (χ2v) is 5.55. The Morgan fingerprint density at radius 1 is 1.38 bits per heavy atom. The second kappa shape index (κ2) is 8.00. The van der Waals surface area contributed by atoms with Gasteiger partial charge in [-0.2, -0.15) is 0 Å². The topological polar surface area (TPSA) is 62.4 Å². The molecule has 2 rings (SSSR count). The molecule has 1 atom stereocenters. The zero-order chi connectivity index (χ0) is 15.1. The third-order valence-electron chi connectivity index (χ3n) is 3.57. The van der Waals surface area contributed by atoms with Gasteiger partial charge in [0.15, 0.2) is 0 Å². The smallest absolute Gasteiger partial charge is 0.221 e. The highest BCUT2D eigenvalue weighted by atomic mass is 16.5. The Morgan fingerprint density at radius 2 is 2.24 bits per heavy atom. The molecule has 0 radical (unpaired) electrons. The van der Waals surface area contributed by atoms with Gasteiger partial charge in [-0.25, -0.2) is 5.43 Å². The van der Waals surface area contributed by atoms with Crippen molar-refractivity contribution in [2.24, 2.45) is 0 Å². The van der Waals surface area contributed by atoms with E-state index in [1.165, 1.54) is 5.56 Å². The number of hydrogen-bond acceptors (Lipinski definition) is 4. The number of rotatable bonds is 7. The molecular formula is C16H25N3O2. The molecule has 5 nitrogen and oxygen atoms in total. The Balaban J connectivity index is 1.59. The van der Waals surface area contributed by atoms with Crippen molar-refractivity contribution >= 4 is 5.91 Å². The van der Waals surface area contributed by atoms with Crippen molar-refractivity contribution in [3.05, 3.63) is 29.3 Å². The van der Waals surface area contributed by atoms with Crippen molar-refractivity contribution in [1.29, 1.82) is 0 Å². The van der Waals surface area contributed by atoms with E-state index >= 15 is 0 Å². The Bertz CT molecular complexity index is 471. The van der Waals surface area contributed by atoms with Crippen molar-refractivity contribution in [3.8, 4) is 5.75 Å². The number of carbonyl (C=O) groups excluding carboxylic acids is 1. The molecule has 1 aromatic rings. The molecule has 116 valence electrons. The first-order valence-corrected chi connectivity index (χ1v) is 7.63. The van der Waals surface area contributed by atoms with E-state index in [9.17, 15) is 4.79 Å². The molecular weight excluding hydrogens is 266 g/mol. The Kier molecular flexibility index (Phi) is 6.02. The number of nitrogens with one attached hydrogen (secondary N) is 3. The molecule has 1 fully saturated rings. The van der Waals surface area contributed by atoms with Crippen LogP contribution < -0.4 is 20.9 Å². The fraction of sp³-hybridized carbons (Fsp3) is 0.562. The van der Waals surface area contributed by atoms with Crippen molar-refractivity contribution in [1.82, 2.24) is 16.2 Å². The summed E-state index contributed by atoms with van der Waals surface area (Å²) in [5, 5.41) is 2.95.